The normalized spacial score (nSPS) is 19.2. The molecule has 32 heavy (non-hydrogen) atoms. The summed E-state index contributed by atoms with van der Waals surface area (Å²) in [6.07, 6.45) is 7.38. The van der Waals surface area contributed by atoms with Crippen molar-refractivity contribution in [2.75, 3.05) is 11.5 Å². The van der Waals surface area contributed by atoms with Crippen LogP contribution in [0, 0.1) is 5.82 Å². The predicted octanol–water partition coefficient (Wildman–Crippen LogP) is 4.79. The summed E-state index contributed by atoms with van der Waals surface area (Å²) in [5.74, 6) is -2.39. The van der Waals surface area contributed by atoms with Crippen LogP contribution in [0.4, 0.5) is 10.1 Å². The Morgan fingerprint density at radius 1 is 1.06 bits per heavy atom. The first kappa shape index (κ1) is 22.9. The van der Waals surface area contributed by atoms with Gasteiger partial charge in [0.1, 0.15) is 11.9 Å². The van der Waals surface area contributed by atoms with E-state index in [1.54, 1.807) is 0 Å². The molecule has 1 saturated carbocycles. The fraction of sp³-hybridized carbons (Fsp3) is 0.478. The third-order valence-corrected chi connectivity index (χ3v) is 6.71. The number of imide groups is 1. The van der Waals surface area contributed by atoms with Crippen molar-refractivity contribution in [1.82, 2.24) is 0 Å². The van der Waals surface area contributed by atoms with Crippen LogP contribution in [0.1, 0.15) is 63.4 Å². The lowest BCUT2D eigenvalue weighted by Crippen LogP contribution is -2.32. The molecule has 6 nitrogen and oxygen atoms in total. The van der Waals surface area contributed by atoms with Crippen molar-refractivity contribution < 1.29 is 28.2 Å². The van der Waals surface area contributed by atoms with Crippen LogP contribution in [0.2, 0.25) is 5.02 Å². The van der Waals surface area contributed by atoms with Crippen LogP contribution >= 0.6 is 23.8 Å². The SMILES string of the molecule is O=C(COC(=S)c1cc(N2C(=O)C3=C(CCCC3)C2=O)c(F)cc1Cl)OC1CCCCC1. The summed E-state index contributed by atoms with van der Waals surface area (Å²) >= 11 is 11.4. The molecule has 0 bridgehead atoms. The highest BCUT2D eigenvalue weighted by atomic mass is 35.5. The summed E-state index contributed by atoms with van der Waals surface area (Å²) in [7, 11) is 0. The fourth-order valence-corrected chi connectivity index (χ4v) is 4.95. The van der Waals surface area contributed by atoms with Gasteiger partial charge in [0.05, 0.1) is 10.7 Å². The molecule has 4 rings (SSSR count). The second kappa shape index (κ2) is 9.67. The number of hydrogen-bond donors (Lipinski definition) is 0. The van der Waals surface area contributed by atoms with Crippen LogP contribution < -0.4 is 4.90 Å². The van der Waals surface area contributed by atoms with Gasteiger partial charge in [0.2, 0.25) is 0 Å². The molecule has 0 unspecified atom stereocenters. The molecule has 0 saturated heterocycles. The second-order valence-electron chi connectivity index (χ2n) is 8.22. The number of halogens is 2. The molecule has 1 aromatic rings. The van der Waals surface area contributed by atoms with E-state index in [1.807, 2.05) is 0 Å². The lowest BCUT2D eigenvalue weighted by molar-refractivity contribution is -0.153. The molecular weight excluding hydrogens is 457 g/mol. The number of esters is 1. The number of rotatable bonds is 5. The van der Waals surface area contributed by atoms with Crippen molar-refractivity contribution in [3.63, 3.8) is 0 Å². The molecule has 0 aromatic heterocycles. The molecule has 1 heterocycles. The van der Waals surface area contributed by atoms with E-state index in [-0.39, 0.29) is 27.4 Å². The van der Waals surface area contributed by atoms with Crippen molar-refractivity contribution in [3.8, 4) is 0 Å². The zero-order chi connectivity index (χ0) is 22.8. The Balaban J connectivity index is 1.47. The van der Waals surface area contributed by atoms with E-state index in [4.69, 9.17) is 33.3 Å². The Bertz CT molecular complexity index is 990. The van der Waals surface area contributed by atoms with Crippen molar-refractivity contribution in [1.29, 1.82) is 0 Å². The zero-order valence-electron chi connectivity index (χ0n) is 17.5. The highest BCUT2D eigenvalue weighted by Crippen LogP contribution is 2.38. The fourth-order valence-electron chi connectivity index (χ4n) is 4.43. The quantitative estimate of drug-likeness (QED) is 0.343. The average molecular weight is 480 g/mol. The van der Waals surface area contributed by atoms with Gasteiger partial charge in [-0.3, -0.25) is 9.59 Å². The summed E-state index contributed by atoms with van der Waals surface area (Å²) < 4.78 is 25.5. The maximum absolute atomic E-state index is 14.7. The lowest BCUT2D eigenvalue weighted by Gasteiger charge is -2.22. The minimum Gasteiger partial charge on any atom is -0.471 e. The molecule has 0 radical (unpaired) electrons. The van der Waals surface area contributed by atoms with Crippen molar-refractivity contribution in [3.05, 3.63) is 39.7 Å². The minimum absolute atomic E-state index is 0.0475. The number of benzene rings is 1. The highest BCUT2D eigenvalue weighted by molar-refractivity contribution is 7.80. The van der Waals surface area contributed by atoms with E-state index in [0.717, 1.165) is 55.9 Å². The van der Waals surface area contributed by atoms with Crippen LogP contribution in [0.5, 0.6) is 0 Å². The highest BCUT2D eigenvalue weighted by Gasteiger charge is 2.41. The van der Waals surface area contributed by atoms with Gasteiger partial charge in [-0.05, 0) is 75.7 Å². The van der Waals surface area contributed by atoms with Gasteiger partial charge in [-0.15, -0.1) is 0 Å². The maximum atomic E-state index is 14.7. The molecule has 1 aromatic carbocycles. The van der Waals surface area contributed by atoms with Gasteiger partial charge in [0.15, 0.2) is 11.7 Å². The monoisotopic (exact) mass is 479 g/mol. The molecule has 0 spiro atoms. The summed E-state index contributed by atoms with van der Waals surface area (Å²) in [4.78, 5) is 38.5. The van der Waals surface area contributed by atoms with Crippen LogP contribution in [-0.4, -0.2) is 35.5 Å². The molecule has 0 atom stereocenters. The Hall–Kier alpha value is -2.32. The first-order chi connectivity index (χ1) is 15.4. The van der Waals surface area contributed by atoms with Crippen molar-refractivity contribution in [2.45, 2.75) is 63.9 Å². The van der Waals surface area contributed by atoms with Crippen LogP contribution in [0.3, 0.4) is 0 Å². The Labute approximate surface area is 195 Å². The lowest BCUT2D eigenvalue weighted by atomic mass is 9.93. The number of nitrogens with zero attached hydrogens (tertiary/aromatic N) is 1. The van der Waals surface area contributed by atoms with E-state index >= 15 is 0 Å². The van der Waals surface area contributed by atoms with Gasteiger partial charge < -0.3 is 9.47 Å². The summed E-state index contributed by atoms with van der Waals surface area (Å²) in [6.45, 7) is -0.407. The molecule has 2 amide bonds. The molecule has 170 valence electrons. The number of ether oxygens (including phenoxy) is 2. The van der Waals surface area contributed by atoms with Gasteiger partial charge in [-0.2, -0.15) is 0 Å². The maximum Gasteiger partial charge on any atom is 0.344 e. The van der Waals surface area contributed by atoms with E-state index in [1.165, 1.54) is 6.07 Å². The van der Waals surface area contributed by atoms with Gasteiger partial charge in [-0.25, -0.2) is 14.1 Å². The number of carbonyl (C=O) groups is 3. The predicted molar refractivity (Wildman–Crippen MR) is 120 cm³/mol. The van der Waals surface area contributed by atoms with Crippen molar-refractivity contribution >= 4 is 52.3 Å². The topological polar surface area (TPSA) is 72.9 Å². The van der Waals surface area contributed by atoms with E-state index in [9.17, 15) is 18.8 Å². The Morgan fingerprint density at radius 3 is 2.31 bits per heavy atom. The van der Waals surface area contributed by atoms with Gasteiger partial charge in [-0.1, -0.05) is 18.0 Å². The average Bonchev–Trinajstić information content (AvgIpc) is 3.03. The molecule has 2 aliphatic carbocycles. The summed E-state index contributed by atoms with van der Waals surface area (Å²) in [6, 6.07) is 2.21. The number of thiocarbonyl (C=S) groups is 1. The van der Waals surface area contributed by atoms with Crippen LogP contribution in [0.15, 0.2) is 23.3 Å². The van der Waals surface area contributed by atoms with Crippen molar-refractivity contribution in [2.24, 2.45) is 0 Å². The van der Waals surface area contributed by atoms with Crippen LogP contribution in [0.25, 0.3) is 0 Å². The van der Waals surface area contributed by atoms with E-state index in [2.05, 4.69) is 0 Å². The summed E-state index contributed by atoms with van der Waals surface area (Å²) in [5, 5.41) is -0.192. The first-order valence-corrected chi connectivity index (χ1v) is 11.6. The number of carbonyl (C=O) groups excluding carboxylic acids is 3. The Morgan fingerprint density at radius 2 is 1.69 bits per heavy atom. The zero-order valence-corrected chi connectivity index (χ0v) is 19.0. The number of hydrogen-bond acceptors (Lipinski definition) is 6. The Kier molecular flexibility index (Phi) is 6.90. The molecule has 3 aliphatic rings. The summed E-state index contributed by atoms with van der Waals surface area (Å²) in [5.41, 5.74) is 0.779. The first-order valence-electron chi connectivity index (χ1n) is 10.8. The third kappa shape index (κ3) is 4.57. The smallest absolute Gasteiger partial charge is 0.344 e. The van der Waals surface area contributed by atoms with E-state index < -0.39 is 30.2 Å². The molecule has 9 heteroatoms. The van der Waals surface area contributed by atoms with Gasteiger partial charge in [0, 0.05) is 16.7 Å². The largest absolute Gasteiger partial charge is 0.471 e. The number of amides is 2. The van der Waals surface area contributed by atoms with E-state index in [0.29, 0.717) is 24.0 Å². The minimum atomic E-state index is -0.820. The molecule has 1 aliphatic heterocycles. The second-order valence-corrected chi connectivity index (χ2v) is 9.00. The number of anilines is 1. The molecule has 1 fully saturated rings. The van der Waals surface area contributed by atoms with Gasteiger partial charge in [0.25, 0.3) is 11.8 Å². The molecule has 0 N–H and O–H groups in total. The standard InChI is InChI=1S/C23H23ClFNO5S/c24-17-11-18(25)19(26-21(28)14-8-4-5-9-15(14)22(26)29)10-16(17)23(32)30-12-20(27)31-13-6-2-1-3-7-13/h10-11,13H,1-9,12H2. The van der Waals surface area contributed by atoms with Crippen LogP contribution in [-0.2, 0) is 23.9 Å². The third-order valence-electron chi connectivity index (χ3n) is 6.06. The van der Waals surface area contributed by atoms with Gasteiger partial charge >= 0.3 is 5.97 Å². The molecular formula is C23H23ClFNO5S.